The number of hydrogen-bond acceptors (Lipinski definition) is 4. The molecule has 2 aromatic rings. The summed E-state index contributed by atoms with van der Waals surface area (Å²) in [4.78, 5) is 4.37. The lowest BCUT2D eigenvalue weighted by molar-refractivity contribution is 0.295. The summed E-state index contributed by atoms with van der Waals surface area (Å²) in [6.45, 7) is 0.456. The van der Waals surface area contributed by atoms with E-state index in [-0.39, 0.29) is 0 Å². The third-order valence-corrected chi connectivity index (χ3v) is 3.94. The average molecular weight is 284 g/mol. The highest BCUT2D eigenvalue weighted by Gasteiger charge is 2.23. The van der Waals surface area contributed by atoms with Gasteiger partial charge in [0.25, 0.3) is 0 Å². The van der Waals surface area contributed by atoms with Gasteiger partial charge in [-0.1, -0.05) is 18.2 Å². The molecule has 0 fully saturated rings. The van der Waals surface area contributed by atoms with Crippen LogP contribution in [-0.4, -0.2) is 19.1 Å². The Balaban J connectivity index is 1.75. The first-order valence-corrected chi connectivity index (χ1v) is 7.23. The van der Waals surface area contributed by atoms with E-state index in [1.165, 1.54) is 11.1 Å². The van der Waals surface area contributed by atoms with Crippen molar-refractivity contribution < 1.29 is 9.47 Å². The molecular formula is C17H20N2O2. The minimum atomic E-state index is 0.443. The van der Waals surface area contributed by atoms with Crippen LogP contribution in [0.15, 0.2) is 36.4 Å². The molecule has 1 aromatic carbocycles. The highest BCUT2D eigenvalue weighted by Crippen LogP contribution is 2.36. The molecule has 1 atom stereocenters. The molecule has 1 unspecified atom stereocenters. The normalized spacial score (nSPS) is 16.6. The molecule has 3 rings (SSSR count). The Kier molecular flexibility index (Phi) is 4.06. The second kappa shape index (κ2) is 6.14. The van der Waals surface area contributed by atoms with Crippen molar-refractivity contribution in [3.05, 3.63) is 53.2 Å². The van der Waals surface area contributed by atoms with Crippen LogP contribution < -0.4 is 14.8 Å². The van der Waals surface area contributed by atoms with Crippen molar-refractivity contribution in [2.75, 3.05) is 14.2 Å². The van der Waals surface area contributed by atoms with Gasteiger partial charge in [0.05, 0.1) is 12.8 Å². The summed E-state index contributed by atoms with van der Waals surface area (Å²) in [6.07, 6.45) is 2.19. The van der Waals surface area contributed by atoms with E-state index in [0.29, 0.717) is 18.5 Å². The number of rotatable bonds is 5. The van der Waals surface area contributed by atoms with Gasteiger partial charge in [0.2, 0.25) is 5.88 Å². The first kappa shape index (κ1) is 13.9. The lowest BCUT2D eigenvalue weighted by Gasteiger charge is -2.13. The lowest BCUT2D eigenvalue weighted by atomic mass is 10.1. The Morgan fingerprint density at radius 2 is 2.10 bits per heavy atom. The largest absolute Gasteiger partial charge is 0.487 e. The summed E-state index contributed by atoms with van der Waals surface area (Å²) in [5, 5.41) is 3.35. The summed E-state index contributed by atoms with van der Waals surface area (Å²) in [5.74, 6) is 1.58. The maximum atomic E-state index is 5.98. The summed E-state index contributed by atoms with van der Waals surface area (Å²) in [6, 6.07) is 12.4. The van der Waals surface area contributed by atoms with E-state index in [4.69, 9.17) is 9.47 Å². The first-order chi connectivity index (χ1) is 10.3. The fourth-order valence-corrected chi connectivity index (χ4v) is 2.86. The molecule has 0 saturated heterocycles. The Morgan fingerprint density at radius 3 is 2.90 bits per heavy atom. The van der Waals surface area contributed by atoms with Crippen LogP contribution in [0.2, 0.25) is 0 Å². The van der Waals surface area contributed by atoms with Gasteiger partial charge in [-0.15, -0.1) is 0 Å². The van der Waals surface area contributed by atoms with Gasteiger partial charge in [-0.25, -0.2) is 4.98 Å². The number of ether oxygens (including phenoxy) is 2. The Bertz CT molecular complexity index is 628. The smallest absolute Gasteiger partial charge is 0.213 e. The number of methoxy groups -OCH3 is 1. The van der Waals surface area contributed by atoms with Gasteiger partial charge in [-0.3, -0.25) is 0 Å². The van der Waals surface area contributed by atoms with E-state index in [1.807, 2.05) is 31.3 Å². The van der Waals surface area contributed by atoms with Crippen LogP contribution in [0.1, 0.15) is 29.3 Å². The Hall–Kier alpha value is -2.07. The SMILES string of the molecule is CNC1CCc2c(OCc3cccc(OC)n3)cccc21. The zero-order valence-electron chi connectivity index (χ0n) is 12.4. The topological polar surface area (TPSA) is 43.4 Å². The molecule has 0 spiro atoms. The Morgan fingerprint density at radius 1 is 1.24 bits per heavy atom. The zero-order valence-corrected chi connectivity index (χ0v) is 12.4. The molecule has 21 heavy (non-hydrogen) atoms. The molecule has 0 saturated carbocycles. The summed E-state index contributed by atoms with van der Waals surface area (Å²) in [7, 11) is 3.63. The van der Waals surface area contributed by atoms with Crippen LogP contribution in [0, 0.1) is 0 Å². The van der Waals surface area contributed by atoms with Crippen LogP contribution >= 0.6 is 0 Å². The molecule has 1 aliphatic rings. The van der Waals surface area contributed by atoms with Crippen molar-refractivity contribution in [3.63, 3.8) is 0 Å². The first-order valence-electron chi connectivity index (χ1n) is 7.23. The minimum absolute atomic E-state index is 0.443. The summed E-state index contributed by atoms with van der Waals surface area (Å²) >= 11 is 0. The molecule has 1 aliphatic carbocycles. The third kappa shape index (κ3) is 2.85. The van der Waals surface area contributed by atoms with E-state index >= 15 is 0 Å². The van der Waals surface area contributed by atoms with E-state index in [0.717, 1.165) is 24.3 Å². The number of nitrogens with zero attached hydrogens (tertiary/aromatic N) is 1. The number of hydrogen-bond donors (Lipinski definition) is 1. The quantitative estimate of drug-likeness (QED) is 0.917. The third-order valence-electron chi connectivity index (χ3n) is 3.94. The van der Waals surface area contributed by atoms with E-state index < -0.39 is 0 Å². The zero-order chi connectivity index (χ0) is 14.7. The van der Waals surface area contributed by atoms with E-state index in [1.54, 1.807) is 7.11 Å². The molecule has 0 bridgehead atoms. The van der Waals surface area contributed by atoms with E-state index in [2.05, 4.69) is 22.4 Å². The number of fused-ring (bicyclic) bond motifs is 1. The standard InChI is InChI=1S/C17H20N2O2/c1-18-15-10-9-14-13(15)6-4-7-16(14)21-11-12-5-3-8-17(19-12)20-2/h3-8,15,18H,9-11H2,1-2H3. The molecule has 4 nitrogen and oxygen atoms in total. The van der Waals surface area contributed by atoms with Crippen molar-refractivity contribution in [3.8, 4) is 11.6 Å². The molecule has 0 aliphatic heterocycles. The molecule has 1 heterocycles. The van der Waals surface area contributed by atoms with Crippen LogP contribution in [0.4, 0.5) is 0 Å². The van der Waals surface area contributed by atoms with Crippen molar-refractivity contribution in [1.82, 2.24) is 10.3 Å². The van der Waals surface area contributed by atoms with Crippen LogP contribution in [0.25, 0.3) is 0 Å². The number of nitrogens with one attached hydrogen (secondary N) is 1. The molecular weight excluding hydrogens is 264 g/mol. The van der Waals surface area contributed by atoms with Crippen LogP contribution in [0.5, 0.6) is 11.6 Å². The maximum Gasteiger partial charge on any atom is 0.213 e. The van der Waals surface area contributed by atoms with Crippen molar-refractivity contribution in [2.24, 2.45) is 0 Å². The molecule has 1 N–H and O–H groups in total. The molecule has 110 valence electrons. The Labute approximate surface area is 125 Å². The maximum absolute atomic E-state index is 5.98. The average Bonchev–Trinajstić information content (AvgIpc) is 2.96. The molecule has 1 aromatic heterocycles. The van der Waals surface area contributed by atoms with Gasteiger partial charge in [0, 0.05) is 12.1 Å². The minimum Gasteiger partial charge on any atom is -0.487 e. The molecule has 0 radical (unpaired) electrons. The van der Waals surface area contributed by atoms with Crippen LogP contribution in [0.3, 0.4) is 0 Å². The fraction of sp³-hybridized carbons (Fsp3) is 0.353. The van der Waals surface area contributed by atoms with E-state index in [9.17, 15) is 0 Å². The lowest BCUT2D eigenvalue weighted by Crippen LogP contribution is -2.12. The number of pyridine rings is 1. The van der Waals surface area contributed by atoms with Crippen molar-refractivity contribution >= 4 is 0 Å². The molecule has 4 heteroatoms. The van der Waals surface area contributed by atoms with Gasteiger partial charge >= 0.3 is 0 Å². The fourth-order valence-electron chi connectivity index (χ4n) is 2.86. The van der Waals surface area contributed by atoms with Crippen molar-refractivity contribution in [1.29, 1.82) is 0 Å². The number of aromatic nitrogens is 1. The van der Waals surface area contributed by atoms with Gasteiger partial charge in [-0.05, 0) is 43.1 Å². The summed E-state index contributed by atoms with van der Waals surface area (Å²) < 4.78 is 11.1. The molecule has 0 amide bonds. The van der Waals surface area contributed by atoms with Crippen LogP contribution in [-0.2, 0) is 13.0 Å². The van der Waals surface area contributed by atoms with Gasteiger partial charge in [-0.2, -0.15) is 0 Å². The second-order valence-corrected chi connectivity index (χ2v) is 5.16. The predicted molar refractivity (Wildman–Crippen MR) is 81.7 cm³/mol. The highest BCUT2D eigenvalue weighted by atomic mass is 16.5. The highest BCUT2D eigenvalue weighted by molar-refractivity contribution is 5.45. The summed E-state index contributed by atoms with van der Waals surface area (Å²) in [5.41, 5.74) is 3.54. The number of benzene rings is 1. The predicted octanol–water partition coefficient (Wildman–Crippen LogP) is 2.88. The monoisotopic (exact) mass is 284 g/mol. The van der Waals surface area contributed by atoms with Gasteiger partial charge in [0.15, 0.2) is 0 Å². The van der Waals surface area contributed by atoms with Gasteiger partial charge < -0.3 is 14.8 Å². The van der Waals surface area contributed by atoms with Crippen molar-refractivity contribution in [2.45, 2.75) is 25.5 Å². The second-order valence-electron chi connectivity index (χ2n) is 5.16. The van der Waals surface area contributed by atoms with Gasteiger partial charge in [0.1, 0.15) is 12.4 Å².